The maximum Gasteiger partial charge on any atom is 0.300 e. The quantitative estimate of drug-likeness (QED) is 0.429. The number of carbonyl (C=O) groups is 2. The SMILES string of the molecule is Cc1ccc(/C(O)=C2/C(=O)C(=O)N(c3ccccc3)C2c2ccccn2)cc1. The van der Waals surface area contributed by atoms with Gasteiger partial charge in [0, 0.05) is 17.4 Å². The van der Waals surface area contributed by atoms with Crippen LogP contribution in [0.15, 0.2) is 84.6 Å². The first-order valence-corrected chi connectivity index (χ1v) is 8.92. The Hall–Kier alpha value is -3.73. The van der Waals surface area contributed by atoms with Gasteiger partial charge in [0.25, 0.3) is 11.7 Å². The lowest BCUT2D eigenvalue weighted by Gasteiger charge is -2.24. The average molecular weight is 370 g/mol. The molecule has 0 bridgehead atoms. The third-order valence-electron chi connectivity index (χ3n) is 4.77. The molecule has 5 heteroatoms. The number of pyridine rings is 1. The van der Waals surface area contributed by atoms with E-state index < -0.39 is 17.7 Å². The first-order valence-electron chi connectivity index (χ1n) is 8.92. The molecule has 0 saturated carbocycles. The molecule has 1 unspecified atom stereocenters. The summed E-state index contributed by atoms with van der Waals surface area (Å²) in [6, 6.07) is 20.6. The fourth-order valence-electron chi connectivity index (χ4n) is 3.37. The van der Waals surface area contributed by atoms with Crippen LogP contribution in [-0.2, 0) is 9.59 Å². The van der Waals surface area contributed by atoms with Gasteiger partial charge in [-0.15, -0.1) is 0 Å². The number of anilines is 1. The van der Waals surface area contributed by atoms with E-state index in [1.54, 1.807) is 60.8 Å². The van der Waals surface area contributed by atoms with Crippen LogP contribution in [0.1, 0.15) is 22.9 Å². The fraction of sp³-hybridized carbons (Fsp3) is 0.0870. The van der Waals surface area contributed by atoms with Gasteiger partial charge in [-0.1, -0.05) is 54.1 Å². The molecule has 0 radical (unpaired) electrons. The van der Waals surface area contributed by atoms with Gasteiger partial charge in [-0.2, -0.15) is 0 Å². The number of hydrogen-bond acceptors (Lipinski definition) is 4. The molecular formula is C23H18N2O3. The zero-order valence-electron chi connectivity index (χ0n) is 15.2. The van der Waals surface area contributed by atoms with Gasteiger partial charge in [-0.3, -0.25) is 19.5 Å². The molecule has 1 saturated heterocycles. The summed E-state index contributed by atoms with van der Waals surface area (Å²) in [4.78, 5) is 31.6. The molecule has 2 aromatic carbocycles. The average Bonchev–Trinajstić information content (AvgIpc) is 3.00. The van der Waals surface area contributed by atoms with E-state index in [0.29, 0.717) is 16.9 Å². The maximum absolute atomic E-state index is 12.9. The predicted octanol–water partition coefficient (Wildman–Crippen LogP) is 4.02. The Morgan fingerprint density at radius 3 is 2.25 bits per heavy atom. The molecule has 0 spiro atoms. The molecule has 1 aromatic heterocycles. The summed E-state index contributed by atoms with van der Waals surface area (Å²) in [7, 11) is 0. The highest BCUT2D eigenvalue weighted by molar-refractivity contribution is 6.51. The number of amides is 1. The highest BCUT2D eigenvalue weighted by atomic mass is 16.3. The van der Waals surface area contributed by atoms with E-state index in [4.69, 9.17) is 0 Å². The monoisotopic (exact) mass is 370 g/mol. The zero-order valence-corrected chi connectivity index (χ0v) is 15.2. The van der Waals surface area contributed by atoms with Gasteiger partial charge < -0.3 is 5.11 Å². The largest absolute Gasteiger partial charge is 0.507 e. The number of aliphatic hydroxyl groups excluding tert-OH is 1. The number of benzene rings is 2. The maximum atomic E-state index is 12.9. The van der Waals surface area contributed by atoms with Crippen LogP contribution in [0.5, 0.6) is 0 Å². The smallest absolute Gasteiger partial charge is 0.300 e. The molecule has 4 rings (SSSR count). The van der Waals surface area contributed by atoms with E-state index in [2.05, 4.69) is 4.98 Å². The number of para-hydroxylation sites is 1. The van der Waals surface area contributed by atoms with Crippen molar-refractivity contribution in [2.24, 2.45) is 0 Å². The van der Waals surface area contributed by atoms with Crippen LogP contribution < -0.4 is 4.90 Å². The van der Waals surface area contributed by atoms with E-state index in [0.717, 1.165) is 5.56 Å². The van der Waals surface area contributed by atoms with Crippen molar-refractivity contribution in [2.75, 3.05) is 4.90 Å². The molecule has 0 aliphatic carbocycles. The molecule has 1 aliphatic heterocycles. The molecule has 1 atom stereocenters. The molecule has 1 fully saturated rings. The molecule has 1 amide bonds. The normalized spacial score (nSPS) is 18.5. The highest BCUT2D eigenvalue weighted by Gasteiger charge is 2.47. The number of Topliss-reactive ketones (excluding diaryl/α,β-unsaturated/α-hetero) is 1. The topological polar surface area (TPSA) is 70.5 Å². The summed E-state index contributed by atoms with van der Waals surface area (Å²) in [6.45, 7) is 1.94. The minimum atomic E-state index is -0.801. The number of aryl methyl sites for hydroxylation is 1. The molecule has 1 aliphatic rings. The number of aliphatic hydroxyl groups is 1. The lowest BCUT2D eigenvalue weighted by atomic mass is 9.98. The third kappa shape index (κ3) is 2.97. The Kier molecular flexibility index (Phi) is 4.49. The summed E-state index contributed by atoms with van der Waals surface area (Å²) < 4.78 is 0. The minimum absolute atomic E-state index is 0.0383. The Labute approximate surface area is 162 Å². The Morgan fingerprint density at radius 2 is 1.61 bits per heavy atom. The molecule has 1 N–H and O–H groups in total. The van der Waals surface area contributed by atoms with Crippen LogP contribution in [0.25, 0.3) is 5.76 Å². The summed E-state index contributed by atoms with van der Waals surface area (Å²) >= 11 is 0. The number of aromatic nitrogens is 1. The van der Waals surface area contributed by atoms with Crippen LogP contribution in [0.2, 0.25) is 0 Å². The van der Waals surface area contributed by atoms with E-state index in [-0.39, 0.29) is 11.3 Å². The zero-order chi connectivity index (χ0) is 19.7. The lowest BCUT2D eigenvalue weighted by Crippen LogP contribution is -2.29. The third-order valence-corrected chi connectivity index (χ3v) is 4.77. The van der Waals surface area contributed by atoms with Gasteiger partial charge >= 0.3 is 0 Å². The van der Waals surface area contributed by atoms with E-state index >= 15 is 0 Å². The van der Waals surface area contributed by atoms with Crippen molar-refractivity contribution in [3.63, 3.8) is 0 Å². The molecule has 138 valence electrons. The second kappa shape index (κ2) is 7.12. The van der Waals surface area contributed by atoms with Gasteiger partial charge in [0.2, 0.25) is 0 Å². The van der Waals surface area contributed by atoms with Crippen LogP contribution in [0, 0.1) is 6.92 Å². The van der Waals surface area contributed by atoms with E-state index in [9.17, 15) is 14.7 Å². The number of carbonyl (C=O) groups excluding carboxylic acids is 2. The van der Waals surface area contributed by atoms with Gasteiger partial charge in [0.05, 0.1) is 11.3 Å². The number of nitrogens with zero attached hydrogens (tertiary/aromatic N) is 2. The Balaban J connectivity index is 1.94. The summed E-state index contributed by atoms with van der Waals surface area (Å²) in [5.74, 6) is -1.61. The van der Waals surface area contributed by atoms with Crippen LogP contribution >= 0.6 is 0 Å². The second-order valence-electron chi connectivity index (χ2n) is 6.63. The highest BCUT2D eigenvalue weighted by Crippen LogP contribution is 2.41. The second-order valence-corrected chi connectivity index (χ2v) is 6.63. The Bertz CT molecular complexity index is 1060. The minimum Gasteiger partial charge on any atom is -0.507 e. The molecular weight excluding hydrogens is 352 g/mol. The number of hydrogen-bond donors (Lipinski definition) is 1. The summed E-state index contributed by atoms with van der Waals surface area (Å²) in [5, 5.41) is 10.9. The van der Waals surface area contributed by atoms with Gasteiger partial charge in [0.1, 0.15) is 11.8 Å². The summed E-state index contributed by atoms with van der Waals surface area (Å²) in [5.41, 5.74) is 2.64. The molecule has 5 nitrogen and oxygen atoms in total. The van der Waals surface area contributed by atoms with Gasteiger partial charge in [0.15, 0.2) is 0 Å². The van der Waals surface area contributed by atoms with Gasteiger partial charge in [-0.05, 0) is 31.2 Å². The van der Waals surface area contributed by atoms with Crippen molar-refractivity contribution < 1.29 is 14.7 Å². The first-order chi connectivity index (χ1) is 13.6. The van der Waals surface area contributed by atoms with Crippen LogP contribution in [0.4, 0.5) is 5.69 Å². The van der Waals surface area contributed by atoms with Crippen molar-refractivity contribution >= 4 is 23.1 Å². The first kappa shape index (κ1) is 17.7. The van der Waals surface area contributed by atoms with Crippen LogP contribution in [-0.4, -0.2) is 21.8 Å². The predicted molar refractivity (Wildman–Crippen MR) is 107 cm³/mol. The van der Waals surface area contributed by atoms with E-state index in [1.165, 1.54) is 4.90 Å². The lowest BCUT2D eigenvalue weighted by molar-refractivity contribution is -0.132. The molecule has 3 aromatic rings. The van der Waals surface area contributed by atoms with Crippen molar-refractivity contribution in [2.45, 2.75) is 13.0 Å². The van der Waals surface area contributed by atoms with Crippen molar-refractivity contribution in [1.82, 2.24) is 4.98 Å². The number of ketones is 1. The molecule has 2 heterocycles. The fourth-order valence-corrected chi connectivity index (χ4v) is 3.37. The molecule has 28 heavy (non-hydrogen) atoms. The summed E-state index contributed by atoms with van der Waals surface area (Å²) in [6.07, 6.45) is 1.60. The number of rotatable bonds is 3. The van der Waals surface area contributed by atoms with E-state index in [1.807, 2.05) is 25.1 Å². The van der Waals surface area contributed by atoms with Crippen molar-refractivity contribution in [1.29, 1.82) is 0 Å². The van der Waals surface area contributed by atoms with Crippen LogP contribution in [0.3, 0.4) is 0 Å². The van der Waals surface area contributed by atoms with Crippen molar-refractivity contribution in [3.05, 3.63) is 101 Å². The van der Waals surface area contributed by atoms with Crippen molar-refractivity contribution in [3.8, 4) is 0 Å². The Morgan fingerprint density at radius 1 is 0.929 bits per heavy atom. The standard InChI is InChI=1S/C23H18N2O3/c1-15-10-12-16(13-11-15)21(26)19-20(18-9-5-6-14-24-18)25(23(28)22(19)27)17-7-3-2-4-8-17/h2-14,20,26H,1H3/b21-19-. The van der Waals surface area contributed by atoms with Gasteiger partial charge in [-0.25, -0.2) is 0 Å².